The van der Waals surface area contributed by atoms with Crippen LogP contribution < -0.4 is 15.2 Å². The van der Waals surface area contributed by atoms with E-state index < -0.39 is 0 Å². The maximum atomic E-state index is 13.4. The fourth-order valence-corrected chi connectivity index (χ4v) is 4.89. The highest BCUT2D eigenvalue weighted by Gasteiger charge is 2.31. The lowest BCUT2D eigenvalue weighted by Gasteiger charge is -2.26. The Morgan fingerprint density at radius 2 is 1.75 bits per heavy atom. The van der Waals surface area contributed by atoms with Crippen LogP contribution in [0.15, 0.2) is 47.3 Å². The molecule has 2 aliphatic rings. The first-order valence-corrected chi connectivity index (χ1v) is 11.5. The molecule has 0 saturated carbocycles. The van der Waals surface area contributed by atoms with Crippen molar-refractivity contribution in [1.82, 2.24) is 14.0 Å². The third kappa shape index (κ3) is 3.66. The monoisotopic (exact) mass is 435 g/mol. The number of benzene rings is 2. The average molecular weight is 436 g/mol. The van der Waals surface area contributed by atoms with E-state index in [1.807, 2.05) is 54.3 Å². The minimum Gasteiger partial charge on any atom is -0.490 e. The Bertz CT molecular complexity index is 1200. The van der Waals surface area contributed by atoms with Crippen molar-refractivity contribution in [1.29, 1.82) is 0 Å². The topological polar surface area (TPSA) is 65.7 Å². The van der Waals surface area contributed by atoms with E-state index in [1.54, 1.807) is 9.13 Å². The van der Waals surface area contributed by atoms with Gasteiger partial charge in [-0.3, -0.25) is 13.9 Å². The molecule has 0 bridgehead atoms. The zero-order chi connectivity index (χ0) is 22.1. The summed E-state index contributed by atoms with van der Waals surface area (Å²) in [7, 11) is 0. The number of nitrogens with zero attached hydrogens (tertiary/aromatic N) is 3. The van der Waals surface area contributed by atoms with E-state index in [1.165, 1.54) is 0 Å². The number of fused-ring (bicyclic) bond motifs is 2. The van der Waals surface area contributed by atoms with Gasteiger partial charge in [-0.15, -0.1) is 0 Å². The first kappa shape index (κ1) is 20.7. The number of ether oxygens (including phenoxy) is 2. The van der Waals surface area contributed by atoms with Crippen LogP contribution in [0.4, 0.5) is 0 Å². The normalized spacial score (nSPS) is 18.2. The maximum absolute atomic E-state index is 13.4. The van der Waals surface area contributed by atoms with Gasteiger partial charge in [-0.25, -0.2) is 4.79 Å². The summed E-state index contributed by atoms with van der Waals surface area (Å²) < 4.78 is 15.0. The number of rotatable bonds is 5. The number of hydrogen-bond donors (Lipinski definition) is 0. The summed E-state index contributed by atoms with van der Waals surface area (Å²) in [4.78, 5) is 28.4. The molecule has 1 fully saturated rings. The Balaban J connectivity index is 1.42. The lowest BCUT2D eigenvalue weighted by molar-refractivity contribution is -0.132. The molecule has 1 aromatic heterocycles. The summed E-state index contributed by atoms with van der Waals surface area (Å²) in [5.74, 6) is 1.48. The molecule has 3 aromatic rings. The lowest BCUT2D eigenvalue weighted by atomic mass is 10.0. The lowest BCUT2D eigenvalue weighted by Crippen LogP contribution is -2.36. The third-order valence-corrected chi connectivity index (χ3v) is 6.40. The number of hydrogen-bond acceptors (Lipinski definition) is 4. The van der Waals surface area contributed by atoms with Crippen LogP contribution in [0.3, 0.4) is 0 Å². The Kier molecular flexibility index (Phi) is 5.64. The summed E-state index contributed by atoms with van der Waals surface area (Å²) in [6.07, 6.45) is 3.56. The highest BCUT2D eigenvalue weighted by atomic mass is 16.5. The number of likely N-dealkylation sites (tertiary alicyclic amines) is 1. The van der Waals surface area contributed by atoms with Crippen LogP contribution in [0.1, 0.15) is 44.2 Å². The molecule has 2 aromatic carbocycles. The van der Waals surface area contributed by atoms with Gasteiger partial charge in [-0.05, 0) is 49.1 Å². The van der Waals surface area contributed by atoms with Gasteiger partial charge in [0, 0.05) is 19.5 Å². The largest absolute Gasteiger partial charge is 0.490 e. The van der Waals surface area contributed by atoms with Crippen molar-refractivity contribution in [2.75, 3.05) is 19.8 Å². The van der Waals surface area contributed by atoms with E-state index in [9.17, 15) is 9.59 Å². The predicted molar refractivity (Wildman–Crippen MR) is 122 cm³/mol. The molecule has 1 saturated heterocycles. The molecular formula is C25H29N3O4. The first-order chi connectivity index (χ1) is 15.7. The van der Waals surface area contributed by atoms with Gasteiger partial charge in [0.2, 0.25) is 5.91 Å². The Morgan fingerprint density at radius 1 is 1.00 bits per heavy atom. The summed E-state index contributed by atoms with van der Waals surface area (Å²) in [6, 6.07) is 13.7. The molecule has 5 rings (SSSR count). The molecule has 1 amide bonds. The summed E-state index contributed by atoms with van der Waals surface area (Å²) in [6.45, 7) is 4.73. The van der Waals surface area contributed by atoms with Gasteiger partial charge < -0.3 is 14.4 Å². The molecule has 0 radical (unpaired) electrons. The van der Waals surface area contributed by atoms with Gasteiger partial charge >= 0.3 is 5.69 Å². The Hall–Kier alpha value is -3.22. The molecule has 3 heterocycles. The van der Waals surface area contributed by atoms with E-state index in [0.717, 1.165) is 53.8 Å². The van der Waals surface area contributed by atoms with Gasteiger partial charge in [0.1, 0.15) is 6.54 Å². The standard InChI is InChI=1S/C25H29N3O4/c1-2-12-27-20-7-3-4-8-21(20)28(25(27)30)17-24(29)26-13-5-9-19(26)18-10-11-22-23(16-18)32-15-6-14-31-22/h3-4,7-8,10-11,16,19H,2,5-6,9,12-15,17H2,1H3. The molecule has 0 aliphatic carbocycles. The van der Waals surface area contributed by atoms with Gasteiger partial charge in [0.15, 0.2) is 11.5 Å². The summed E-state index contributed by atoms with van der Waals surface area (Å²) in [5, 5.41) is 0. The fraction of sp³-hybridized carbons (Fsp3) is 0.440. The number of aromatic nitrogens is 2. The second-order valence-corrected chi connectivity index (χ2v) is 8.51. The number of carbonyl (C=O) groups is 1. The summed E-state index contributed by atoms with van der Waals surface area (Å²) >= 11 is 0. The first-order valence-electron chi connectivity index (χ1n) is 11.5. The van der Waals surface area contributed by atoms with E-state index in [-0.39, 0.29) is 24.2 Å². The van der Waals surface area contributed by atoms with Crippen LogP contribution in [0.25, 0.3) is 11.0 Å². The predicted octanol–water partition coefficient (Wildman–Crippen LogP) is 3.74. The molecule has 1 unspecified atom stereocenters. The third-order valence-electron chi connectivity index (χ3n) is 6.40. The molecular weight excluding hydrogens is 406 g/mol. The number of imidazole rings is 1. The van der Waals surface area contributed by atoms with Gasteiger partial charge in [-0.2, -0.15) is 0 Å². The number of carbonyl (C=O) groups excluding carboxylic acids is 1. The molecule has 32 heavy (non-hydrogen) atoms. The minimum absolute atomic E-state index is 0.0145. The zero-order valence-corrected chi connectivity index (χ0v) is 18.5. The second-order valence-electron chi connectivity index (χ2n) is 8.51. The van der Waals surface area contributed by atoms with Crippen molar-refractivity contribution in [3.8, 4) is 11.5 Å². The fourth-order valence-electron chi connectivity index (χ4n) is 4.89. The molecule has 0 N–H and O–H groups in total. The van der Waals surface area contributed by atoms with Crippen LogP contribution in [0.5, 0.6) is 11.5 Å². The molecule has 0 spiro atoms. The smallest absolute Gasteiger partial charge is 0.329 e. The van der Waals surface area contributed by atoms with Crippen molar-refractivity contribution < 1.29 is 14.3 Å². The molecule has 168 valence electrons. The minimum atomic E-state index is -0.118. The quantitative estimate of drug-likeness (QED) is 0.612. The average Bonchev–Trinajstić information content (AvgIpc) is 3.30. The van der Waals surface area contributed by atoms with Crippen LogP contribution in [-0.4, -0.2) is 39.7 Å². The van der Waals surface area contributed by atoms with Gasteiger partial charge in [-0.1, -0.05) is 25.1 Å². The molecule has 1 atom stereocenters. The van der Waals surface area contributed by atoms with Crippen LogP contribution in [0.2, 0.25) is 0 Å². The molecule has 7 nitrogen and oxygen atoms in total. The van der Waals surface area contributed by atoms with Crippen molar-refractivity contribution >= 4 is 16.9 Å². The van der Waals surface area contributed by atoms with Crippen molar-refractivity contribution in [3.05, 3.63) is 58.5 Å². The van der Waals surface area contributed by atoms with Gasteiger partial charge in [0.05, 0.1) is 30.3 Å². The van der Waals surface area contributed by atoms with E-state index in [2.05, 4.69) is 0 Å². The number of para-hydroxylation sites is 2. The molecule has 7 heteroatoms. The van der Waals surface area contributed by atoms with Crippen molar-refractivity contribution in [2.45, 2.75) is 51.7 Å². The molecule has 2 aliphatic heterocycles. The second kappa shape index (κ2) is 8.73. The maximum Gasteiger partial charge on any atom is 0.329 e. The Morgan fingerprint density at radius 3 is 2.53 bits per heavy atom. The highest BCUT2D eigenvalue weighted by Crippen LogP contribution is 2.38. The summed E-state index contributed by atoms with van der Waals surface area (Å²) in [5.41, 5.74) is 2.63. The number of amides is 1. The highest BCUT2D eigenvalue weighted by molar-refractivity contribution is 5.81. The van der Waals surface area contributed by atoms with Crippen molar-refractivity contribution in [2.24, 2.45) is 0 Å². The zero-order valence-electron chi connectivity index (χ0n) is 18.5. The SMILES string of the molecule is CCCn1c(=O)n(CC(=O)N2CCCC2c2ccc3c(c2)OCCCO3)c2ccccc21. The van der Waals surface area contributed by atoms with Crippen LogP contribution in [0, 0.1) is 0 Å². The van der Waals surface area contributed by atoms with Crippen LogP contribution >= 0.6 is 0 Å². The van der Waals surface area contributed by atoms with Crippen molar-refractivity contribution in [3.63, 3.8) is 0 Å². The van der Waals surface area contributed by atoms with E-state index in [4.69, 9.17) is 9.47 Å². The number of aryl methyl sites for hydroxylation is 1. The van der Waals surface area contributed by atoms with E-state index in [0.29, 0.717) is 26.3 Å². The van der Waals surface area contributed by atoms with E-state index >= 15 is 0 Å². The van der Waals surface area contributed by atoms with Gasteiger partial charge in [0.25, 0.3) is 0 Å². The Labute approximate surface area is 187 Å². The van der Waals surface area contributed by atoms with Crippen LogP contribution in [-0.2, 0) is 17.9 Å².